The zero-order valence-corrected chi connectivity index (χ0v) is 23.3. The van der Waals surface area contributed by atoms with Gasteiger partial charge in [-0.15, -0.1) is 0 Å². The van der Waals surface area contributed by atoms with Gasteiger partial charge in [0.25, 0.3) is 6.47 Å². The maximum absolute atomic E-state index is 10.9. The summed E-state index contributed by atoms with van der Waals surface area (Å²) in [5.74, 6) is 3.14. The number of rotatable bonds is 11. The fourth-order valence-corrected chi connectivity index (χ4v) is 4.64. The summed E-state index contributed by atoms with van der Waals surface area (Å²) in [5, 5.41) is 4.29. The molecule has 1 aliphatic rings. The molecule has 40 heavy (non-hydrogen) atoms. The molecule has 2 heterocycles. The summed E-state index contributed by atoms with van der Waals surface area (Å²) in [6.45, 7) is 7.62. The van der Waals surface area contributed by atoms with Crippen LogP contribution in [-0.4, -0.2) is 44.8 Å². The SMILES string of the molecule is CCOc1ccc(C)cc1-c1nc2nc(COC=O)nc(N[C@H](C)C3CC3)c2n1Cc1ccc(Cl)cc1.O=C=O. The lowest BCUT2D eigenvalue weighted by Crippen LogP contribution is -2.20. The molecule has 1 fully saturated rings. The summed E-state index contributed by atoms with van der Waals surface area (Å²) in [4.78, 5) is 41.6. The summed E-state index contributed by atoms with van der Waals surface area (Å²) in [5.41, 5.74) is 4.34. The molecular formula is C29H30ClN5O5. The zero-order chi connectivity index (χ0) is 28.6. The first kappa shape index (κ1) is 28.7. The molecule has 1 saturated carbocycles. The van der Waals surface area contributed by atoms with Crippen molar-refractivity contribution in [2.75, 3.05) is 11.9 Å². The first-order valence-corrected chi connectivity index (χ1v) is 13.3. The summed E-state index contributed by atoms with van der Waals surface area (Å²) in [6.07, 6.45) is 2.64. The highest BCUT2D eigenvalue weighted by Gasteiger charge is 2.30. The molecule has 0 saturated heterocycles. The Morgan fingerprint density at radius 2 is 1.88 bits per heavy atom. The number of hydrogen-bond donors (Lipinski definition) is 1. The van der Waals surface area contributed by atoms with Gasteiger partial charge in [0.05, 0.1) is 12.2 Å². The number of hydrogen-bond acceptors (Lipinski definition) is 9. The molecule has 1 N–H and O–H groups in total. The Hall–Kier alpha value is -4.27. The molecule has 2 aromatic heterocycles. The third kappa shape index (κ3) is 6.83. The van der Waals surface area contributed by atoms with E-state index in [1.807, 2.05) is 50.2 Å². The Labute approximate surface area is 236 Å². The van der Waals surface area contributed by atoms with E-state index >= 15 is 0 Å². The van der Waals surface area contributed by atoms with Gasteiger partial charge in [-0.05, 0) is 69.4 Å². The van der Waals surface area contributed by atoms with Crippen molar-refractivity contribution in [2.45, 2.75) is 52.8 Å². The Bertz CT molecular complexity index is 1510. The van der Waals surface area contributed by atoms with Gasteiger partial charge < -0.3 is 19.4 Å². The highest BCUT2D eigenvalue weighted by molar-refractivity contribution is 6.30. The number of nitrogens with one attached hydrogen (secondary N) is 1. The smallest absolute Gasteiger partial charge is 0.373 e. The number of halogens is 1. The Kier molecular flexibility index (Phi) is 9.47. The minimum absolute atomic E-state index is 0.0278. The molecule has 208 valence electrons. The second-order valence-electron chi connectivity index (χ2n) is 9.50. The van der Waals surface area contributed by atoms with E-state index in [2.05, 4.69) is 27.9 Å². The Balaban J connectivity index is 0.00000118. The molecule has 5 rings (SSSR count). The van der Waals surface area contributed by atoms with Crippen LogP contribution in [-0.2, 0) is 32.3 Å². The van der Waals surface area contributed by atoms with E-state index in [4.69, 9.17) is 40.6 Å². The van der Waals surface area contributed by atoms with Crippen LogP contribution in [0.3, 0.4) is 0 Å². The normalized spacial score (nSPS) is 13.1. The van der Waals surface area contributed by atoms with Gasteiger partial charge in [0, 0.05) is 17.6 Å². The number of carbonyl (C=O) groups is 1. The van der Waals surface area contributed by atoms with Crippen molar-refractivity contribution in [1.82, 2.24) is 19.5 Å². The monoisotopic (exact) mass is 563 g/mol. The standard InChI is InChI=1S/C28H30ClN5O3.CO2/c1-4-37-23-12-5-17(2)13-22(23)28-33-27-25(34(28)14-19-6-10-21(29)11-7-19)26(30-18(3)20-8-9-20)31-24(32-27)15-36-16-35;2-1-3/h5-7,10-13,16,18,20H,4,8-9,14-15H2,1-3H3,(H,30,31,32);/t18-;/m1./s1. The van der Waals surface area contributed by atoms with Gasteiger partial charge in [-0.2, -0.15) is 9.59 Å². The average Bonchev–Trinajstić information content (AvgIpc) is 3.73. The van der Waals surface area contributed by atoms with Crippen molar-refractivity contribution in [3.63, 3.8) is 0 Å². The molecule has 1 aliphatic carbocycles. The first-order valence-electron chi connectivity index (χ1n) is 12.9. The van der Waals surface area contributed by atoms with Crippen molar-refractivity contribution in [3.8, 4) is 17.1 Å². The molecule has 11 heteroatoms. The van der Waals surface area contributed by atoms with Crippen LogP contribution in [0.15, 0.2) is 42.5 Å². The van der Waals surface area contributed by atoms with Crippen LogP contribution in [0, 0.1) is 12.8 Å². The molecule has 2 aromatic carbocycles. The molecule has 0 spiro atoms. The summed E-state index contributed by atoms with van der Waals surface area (Å²) < 4.78 is 13.1. The molecule has 0 amide bonds. The van der Waals surface area contributed by atoms with Crippen molar-refractivity contribution in [2.24, 2.45) is 5.92 Å². The van der Waals surface area contributed by atoms with Crippen LogP contribution in [0.1, 0.15) is 43.6 Å². The number of fused-ring (bicyclic) bond motifs is 1. The lowest BCUT2D eigenvalue weighted by molar-refractivity contribution is -0.191. The van der Waals surface area contributed by atoms with E-state index in [1.54, 1.807) is 0 Å². The molecule has 4 aromatic rings. The summed E-state index contributed by atoms with van der Waals surface area (Å²) in [7, 11) is 0. The molecule has 0 bridgehead atoms. The zero-order valence-electron chi connectivity index (χ0n) is 22.5. The van der Waals surface area contributed by atoms with Crippen LogP contribution >= 0.6 is 11.6 Å². The van der Waals surface area contributed by atoms with Crippen molar-refractivity contribution in [1.29, 1.82) is 0 Å². The molecular weight excluding hydrogens is 534 g/mol. The topological polar surface area (TPSA) is 125 Å². The second-order valence-corrected chi connectivity index (χ2v) is 9.94. The molecule has 0 unspecified atom stereocenters. The number of benzene rings is 2. The lowest BCUT2D eigenvalue weighted by atomic mass is 10.1. The van der Waals surface area contributed by atoms with E-state index in [0.29, 0.717) is 47.9 Å². The van der Waals surface area contributed by atoms with Gasteiger partial charge in [0.15, 0.2) is 23.9 Å². The Morgan fingerprint density at radius 3 is 2.52 bits per heavy atom. The number of carbonyl (C=O) groups excluding carboxylic acids is 3. The van der Waals surface area contributed by atoms with Gasteiger partial charge in [-0.3, -0.25) is 4.79 Å². The number of nitrogens with zero attached hydrogens (tertiary/aromatic N) is 4. The highest BCUT2D eigenvalue weighted by Crippen LogP contribution is 2.37. The molecule has 0 radical (unpaired) electrons. The molecule has 10 nitrogen and oxygen atoms in total. The van der Waals surface area contributed by atoms with Crippen molar-refractivity contribution in [3.05, 3.63) is 64.4 Å². The average molecular weight is 564 g/mol. The number of aromatic nitrogens is 4. The minimum atomic E-state index is -0.0278. The maximum atomic E-state index is 10.9. The number of imidazole rings is 1. The van der Waals surface area contributed by atoms with E-state index in [0.717, 1.165) is 33.8 Å². The predicted octanol–water partition coefficient (Wildman–Crippen LogP) is 5.20. The largest absolute Gasteiger partial charge is 0.493 e. The number of anilines is 1. The van der Waals surface area contributed by atoms with Gasteiger partial charge in [0.1, 0.15) is 17.1 Å². The van der Waals surface area contributed by atoms with Gasteiger partial charge in [0.2, 0.25) is 0 Å². The number of ether oxygens (including phenoxy) is 2. The maximum Gasteiger partial charge on any atom is 0.373 e. The fourth-order valence-electron chi connectivity index (χ4n) is 4.52. The van der Waals surface area contributed by atoms with Gasteiger partial charge in [-0.1, -0.05) is 35.4 Å². The van der Waals surface area contributed by atoms with Crippen LogP contribution in [0.5, 0.6) is 5.75 Å². The van der Waals surface area contributed by atoms with Crippen LogP contribution in [0.25, 0.3) is 22.6 Å². The number of aryl methyl sites for hydroxylation is 1. The second kappa shape index (κ2) is 13.2. The van der Waals surface area contributed by atoms with Crippen molar-refractivity contribution < 1.29 is 23.9 Å². The molecule has 1 atom stereocenters. The summed E-state index contributed by atoms with van der Waals surface area (Å²) in [6, 6.07) is 14.1. The van der Waals surface area contributed by atoms with E-state index in [1.165, 1.54) is 12.8 Å². The van der Waals surface area contributed by atoms with Crippen LogP contribution in [0.4, 0.5) is 5.82 Å². The van der Waals surface area contributed by atoms with Crippen molar-refractivity contribution >= 4 is 41.2 Å². The minimum Gasteiger partial charge on any atom is -0.493 e. The quantitative estimate of drug-likeness (QED) is 0.245. The third-order valence-electron chi connectivity index (χ3n) is 6.55. The van der Waals surface area contributed by atoms with E-state index in [-0.39, 0.29) is 18.8 Å². The third-order valence-corrected chi connectivity index (χ3v) is 6.81. The van der Waals surface area contributed by atoms with Gasteiger partial charge in [-0.25, -0.2) is 15.0 Å². The molecule has 0 aliphatic heterocycles. The predicted molar refractivity (Wildman–Crippen MR) is 149 cm³/mol. The van der Waals surface area contributed by atoms with Gasteiger partial charge >= 0.3 is 6.15 Å². The van der Waals surface area contributed by atoms with E-state index in [9.17, 15) is 4.79 Å². The Morgan fingerprint density at radius 1 is 1.15 bits per heavy atom. The fraction of sp³-hybridized carbons (Fsp3) is 0.345. The van der Waals surface area contributed by atoms with Crippen LogP contribution < -0.4 is 10.1 Å². The van der Waals surface area contributed by atoms with E-state index < -0.39 is 0 Å². The lowest BCUT2D eigenvalue weighted by Gasteiger charge is -2.18. The highest BCUT2D eigenvalue weighted by atomic mass is 35.5. The van der Waals surface area contributed by atoms with Crippen LogP contribution in [0.2, 0.25) is 5.02 Å². The summed E-state index contributed by atoms with van der Waals surface area (Å²) >= 11 is 6.16. The first-order chi connectivity index (χ1) is 19.4.